The van der Waals surface area contributed by atoms with Gasteiger partial charge in [-0.3, -0.25) is 9.59 Å². The number of nitrogens with zero attached hydrogens (tertiary/aromatic N) is 2. The molecule has 2 N–H and O–H groups in total. The van der Waals surface area contributed by atoms with E-state index < -0.39 is 23.0 Å². The Labute approximate surface area is 217 Å². The predicted molar refractivity (Wildman–Crippen MR) is 142 cm³/mol. The minimum Gasteiger partial charge on any atom is -0.367 e. The maximum Gasteiger partial charge on any atom is 0.257 e. The van der Waals surface area contributed by atoms with E-state index in [1.54, 1.807) is 10.6 Å². The number of aryl methyl sites for hydroxylation is 1. The number of fused-ring (bicyclic) bond motifs is 1. The van der Waals surface area contributed by atoms with Crippen LogP contribution < -0.4 is 21.0 Å². The first-order valence-electron chi connectivity index (χ1n) is 12.0. The van der Waals surface area contributed by atoms with Gasteiger partial charge in [0.05, 0.1) is 11.2 Å². The largest absolute Gasteiger partial charge is 0.367 e. The van der Waals surface area contributed by atoms with Gasteiger partial charge in [-0.2, -0.15) is 0 Å². The fourth-order valence-corrected chi connectivity index (χ4v) is 4.71. The highest BCUT2D eigenvalue weighted by atomic mass is 35.5. The molecule has 1 aliphatic rings. The van der Waals surface area contributed by atoms with Gasteiger partial charge in [-0.1, -0.05) is 29.3 Å². The number of hydrogen-bond donors (Lipinski definition) is 2. The molecule has 190 valence electrons. The second-order valence-corrected chi connectivity index (χ2v) is 9.49. The van der Waals surface area contributed by atoms with Crippen LogP contribution in [0.3, 0.4) is 0 Å². The fraction of sp³-hybridized carbons (Fsp3) is 0.214. The zero-order chi connectivity index (χ0) is 26.1. The summed E-state index contributed by atoms with van der Waals surface area (Å²) in [4.78, 5) is 28.5. The number of benzene rings is 3. The standard InChI is InChI=1S/C28H25ClF2N4O2/c1-17-2-5-20(6-3-17)35-16-22(28(37)33-15-18-12-19(29)4-7-23(18)30)27(36)21-13-24(31)26(14-25(21)35)34-10-8-32-9-11-34/h2-7,12-14,16,32H,8-11,15H2,1H3,(H,33,37). The Morgan fingerprint density at radius 1 is 1.03 bits per heavy atom. The predicted octanol–water partition coefficient (Wildman–Crippen LogP) is 4.57. The number of nitrogens with one attached hydrogen (secondary N) is 2. The summed E-state index contributed by atoms with van der Waals surface area (Å²) in [5, 5.41) is 6.25. The second kappa shape index (κ2) is 10.3. The van der Waals surface area contributed by atoms with Crippen molar-refractivity contribution in [3.8, 4) is 5.69 Å². The number of aromatic nitrogens is 1. The van der Waals surface area contributed by atoms with Gasteiger partial charge in [-0.05, 0) is 49.4 Å². The van der Waals surface area contributed by atoms with Crippen molar-refractivity contribution in [3.05, 3.63) is 104 Å². The number of hydrogen-bond acceptors (Lipinski definition) is 4. The van der Waals surface area contributed by atoms with E-state index in [2.05, 4.69) is 10.6 Å². The molecule has 0 spiro atoms. The first kappa shape index (κ1) is 24.9. The summed E-state index contributed by atoms with van der Waals surface area (Å²) in [6.07, 6.45) is 1.46. The molecule has 0 bridgehead atoms. The number of pyridine rings is 1. The molecule has 3 aromatic carbocycles. The van der Waals surface area contributed by atoms with E-state index in [0.29, 0.717) is 35.0 Å². The normalized spacial score (nSPS) is 13.7. The third kappa shape index (κ3) is 5.08. The van der Waals surface area contributed by atoms with Gasteiger partial charge >= 0.3 is 0 Å². The number of anilines is 1. The van der Waals surface area contributed by atoms with Gasteiger partial charge in [0.15, 0.2) is 0 Å². The van der Waals surface area contributed by atoms with E-state index in [9.17, 15) is 14.0 Å². The molecule has 1 amide bonds. The van der Waals surface area contributed by atoms with Gasteiger partial charge in [0, 0.05) is 60.6 Å². The summed E-state index contributed by atoms with van der Waals surface area (Å²) < 4.78 is 31.1. The lowest BCUT2D eigenvalue weighted by molar-refractivity contribution is 0.0949. The first-order valence-corrected chi connectivity index (χ1v) is 12.3. The highest BCUT2D eigenvalue weighted by Crippen LogP contribution is 2.27. The molecule has 0 atom stereocenters. The minimum atomic E-state index is -0.696. The van der Waals surface area contributed by atoms with Crippen LogP contribution in [0.25, 0.3) is 16.6 Å². The van der Waals surface area contributed by atoms with Crippen LogP contribution >= 0.6 is 11.6 Å². The van der Waals surface area contributed by atoms with E-state index >= 15 is 4.39 Å². The molecular weight excluding hydrogens is 498 g/mol. The molecule has 2 heterocycles. The SMILES string of the molecule is Cc1ccc(-n2cc(C(=O)NCc3cc(Cl)ccc3F)c(=O)c3cc(F)c(N4CCNCC4)cc32)cc1. The molecule has 37 heavy (non-hydrogen) atoms. The second-order valence-electron chi connectivity index (χ2n) is 9.05. The lowest BCUT2D eigenvalue weighted by Gasteiger charge is -2.30. The van der Waals surface area contributed by atoms with E-state index in [-0.39, 0.29) is 23.1 Å². The molecule has 0 saturated carbocycles. The number of halogens is 3. The van der Waals surface area contributed by atoms with Crippen LogP contribution in [0.4, 0.5) is 14.5 Å². The van der Waals surface area contributed by atoms with Crippen LogP contribution in [-0.4, -0.2) is 36.7 Å². The Kier molecular flexibility index (Phi) is 6.95. The molecule has 1 saturated heterocycles. The molecule has 4 aromatic rings. The fourth-order valence-electron chi connectivity index (χ4n) is 4.51. The maximum absolute atomic E-state index is 15.3. The summed E-state index contributed by atoms with van der Waals surface area (Å²) in [6.45, 7) is 4.53. The van der Waals surface area contributed by atoms with Crippen LogP contribution in [-0.2, 0) is 6.54 Å². The van der Waals surface area contributed by atoms with Crippen molar-refractivity contribution in [2.24, 2.45) is 0 Å². The minimum absolute atomic E-state index is 0.0820. The van der Waals surface area contributed by atoms with Crippen molar-refractivity contribution in [1.29, 1.82) is 0 Å². The molecule has 1 aliphatic heterocycles. The van der Waals surface area contributed by atoms with Crippen molar-refractivity contribution in [2.75, 3.05) is 31.1 Å². The smallest absolute Gasteiger partial charge is 0.257 e. The summed E-state index contributed by atoms with van der Waals surface area (Å²) in [7, 11) is 0. The van der Waals surface area contributed by atoms with Crippen LogP contribution in [0.1, 0.15) is 21.5 Å². The van der Waals surface area contributed by atoms with E-state index in [0.717, 1.165) is 18.7 Å². The third-order valence-electron chi connectivity index (χ3n) is 6.53. The van der Waals surface area contributed by atoms with Crippen LogP contribution in [0.2, 0.25) is 5.02 Å². The molecular formula is C28H25ClF2N4O2. The van der Waals surface area contributed by atoms with Crippen molar-refractivity contribution >= 4 is 34.1 Å². The molecule has 1 aromatic heterocycles. The van der Waals surface area contributed by atoms with Crippen molar-refractivity contribution in [2.45, 2.75) is 13.5 Å². The lowest BCUT2D eigenvalue weighted by atomic mass is 10.1. The average Bonchev–Trinajstić information content (AvgIpc) is 2.90. The Hall–Kier alpha value is -3.75. The zero-order valence-electron chi connectivity index (χ0n) is 20.2. The Morgan fingerprint density at radius 2 is 1.76 bits per heavy atom. The molecule has 0 radical (unpaired) electrons. The van der Waals surface area contributed by atoms with Gasteiger partial charge in [-0.25, -0.2) is 8.78 Å². The van der Waals surface area contributed by atoms with Crippen LogP contribution in [0.5, 0.6) is 0 Å². The number of carbonyl (C=O) groups is 1. The number of carbonyl (C=O) groups excluding carboxylic acids is 1. The number of rotatable bonds is 5. The molecule has 9 heteroatoms. The van der Waals surface area contributed by atoms with E-state index in [1.165, 1.54) is 30.5 Å². The molecule has 1 fully saturated rings. The molecule has 0 unspecified atom stereocenters. The quantitative estimate of drug-likeness (QED) is 0.403. The number of piperazine rings is 1. The monoisotopic (exact) mass is 522 g/mol. The van der Waals surface area contributed by atoms with Crippen molar-refractivity contribution in [3.63, 3.8) is 0 Å². The zero-order valence-corrected chi connectivity index (χ0v) is 20.9. The van der Waals surface area contributed by atoms with Gasteiger partial charge in [-0.15, -0.1) is 0 Å². The van der Waals surface area contributed by atoms with Gasteiger partial charge in [0.1, 0.15) is 17.2 Å². The molecule has 0 aliphatic carbocycles. The van der Waals surface area contributed by atoms with Crippen molar-refractivity contribution in [1.82, 2.24) is 15.2 Å². The van der Waals surface area contributed by atoms with Gasteiger partial charge in [0.2, 0.25) is 5.43 Å². The van der Waals surface area contributed by atoms with E-state index in [1.807, 2.05) is 36.1 Å². The Balaban J connectivity index is 1.61. The van der Waals surface area contributed by atoms with E-state index in [4.69, 9.17) is 11.6 Å². The third-order valence-corrected chi connectivity index (χ3v) is 6.77. The van der Waals surface area contributed by atoms with Gasteiger partial charge in [0.25, 0.3) is 5.91 Å². The average molecular weight is 523 g/mol. The topological polar surface area (TPSA) is 66.4 Å². The maximum atomic E-state index is 15.3. The van der Waals surface area contributed by atoms with Gasteiger partial charge < -0.3 is 20.1 Å². The summed E-state index contributed by atoms with van der Waals surface area (Å²) >= 11 is 5.95. The summed E-state index contributed by atoms with van der Waals surface area (Å²) in [5.41, 5.74) is 2.06. The van der Waals surface area contributed by atoms with Crippen molar-refractivity contribution < 1.29 is 13.6 Å². The highest BCUT2D eigenvalue weighted by Gasteiger charge is 2.21. The highest BCUT2D eigenvalue weighted by molar-refractivity contribution is 6.30. The lowest BCUT2D eigenvalue weighted by Crippen LogP contribution is -2.43. The Bertz CT molecular complexity index is 1550. The van der Waals surface area contributed by atoms with Crippen LogP contribution in [0.15, 0.2) is 65.6 Å². The molecule has 5 rings (SSSR count). The summed E-state index contributed by atoms with van der Waals surface area (Å²) in [5.74, 6) is -1.75. The molecule has 6 nitrogen and oxygen atoms in total. The van der Waals surface area contributed by atoms with Crippen LogP contribution in [0, 0.1) is 18.6 Å². The number of amides is 1. The summed E-state index contributed by atoms with van der Waals surface area (Å²) in [6, 6.07) is 14.5. The first-order chi connectivity index (χ1) is 17.8. The Morgan fingerprint density at radius 3 is 2.49 bits per heavy atom.